The summed E-state index contributed by atoms with van der Waals surface area (Å²) in [5.74, 6) is -0.819. The van der Waals surface area contributed by atoms with Gasteiger partial charge in [-0.1, -0.05) is 11.6 Å². The highest BCUT2D eigenvalue weighted by Gasteiger charge is 2.28. The largest absolute Gasteiger partial charge is 0.390 e. The van der Waals surface area contributed by atoms with Crippen LogP contribution in [0.2, 0.25) is 5.02 Å². The Morgan fingerprint density at radius 3 is 2.75 bits per heavy atom. The first-order chi connectivity index (χ1) is 9.35. The monoisotopic (exact) mass is 300 g/mol. The summed E-state index contributed by atoms with van der Waals surface area (Å²) in [5.41, 5.74) is -0.515. The Morgan fingerprint density at radius 2 is 2.15 bits per heavy atom. The first-order valence-electron chi connectivity index (χ1n) is 6.55. The minimum atomic E-state index is -0.644. The van der Waals surface area contributed by atoms with Gasteiger partial charge in [0.05, 0.1) is 17.8 Å². The second-order valence-corrected chi connectivity index (χ2v) is 5.88. The molecule has 0 aliphatic carbocycles. The number of hydrogen-bond acceptors (Lipinski definition) is 3. The summed E-state index contributed by atoms with van der Waals surface area (Å²) in [4.78, 5) is 13.8. The van der Waals surface area contributed by atoms with E-state index in [-0.39, 0.29) is 18.1 Å². The van der Waals surface area contributed by atoms with E-state index in [1.807, 2.05) is 4.90 Å². The number of anilines is 1. The summed E-state index contributed by atoms with van der Waals surface area (Å²) in [5, 5.41) is 12.7. The van der Waals surface area contributed by atoms with Crippen molar-refractivity contribution in [2.45, 2.75) is 25.4 Å². The van der Waals surface area contributed by atoms with Crippen molar-refractivity contribution < 1.29 is 14.3 Å². The number of likely N-dealkylation sites (tertiary alicyclic amines) is 1. The van der Waals surface area contributed by atoms with E-state index >= 15 is 0 Å². The SMILES string of the molecule is CC1(O)CCN(CC(=O)Nc2ccc(Cl)cc2F)CC1. The van der Waals surface area contributed by atoms with Crippen LogP contribution in [0.4, 0.5) is 10.1 Å². The molecule has 1 aliphatic heterocycles. The molecule has 1 heterocycles. The van der Waals surface area contributed by atoms with E-state index < -0.39 is 11.4 Å². The molecule has 0 saturated carbocycles. The van der Waals surface area contributed by atoms with E-state index in [4.69, 9.17) is 11.6 Å². The molecule has 1 saturated heterocycles. The summed E-state index contributed by atoms with van der Waals surface area (Å²) >= 11 is 5.65. The van der Waals surface area contributed by atoms with Crippen molar-refractivity contribution in [3.05, 3.63) is 29.0 Å². The van der Waals surface area contributed by atoms with Gasteiger partial charge in [0.2, 0.25) is 5.91 Å². The number of hydrogen-bond donors (Lipinski definition) is 2. The van der Waals surface area contributed by atoms with E-state index in [0.29, 0.717) is 31.0 Å². The topological polar surface area (TPSA) is 52.6 Å². The quantitative estimate of drug-likeness (QED) is 0.900. The van der Waals surface area contributed by atoms with Gasteiger partial charge in [-0.15, -0.1) is 0 Å². The summed E-state index contributed by atoms with van der Waals surface area (Å²) in [6.45, 7) is 3.30. The Labute approximate surface area is 122 Å². The number of piperidine rings is 1. The Kier molecular flexibility index (Phi) is 4.62. The fourth-order valence-electron chi connectivity index (χ4n) is 2.18. The Morgan fingerprint density at radius 1 is 1.50 bits per heavy atom. The van der Waals surface area contributed by atoms with E-state index in [2.05, 4.69) is 5.32 Å². The molecule has 0 radical (unpaired) electrons. The average molecular weight is 301 g/mol. The third-order valence-electron chi connectivity index (χ3n) is 3.51. The van der Waals surface area contributed by atoms with Crippen molar-refractivity contribution in [3.8, 4) is 0 Å². The zero-order valence-corrected chi connectivity index (χ0v) is 12.1. The van der Waals surface area contributed by atoms with Crippen molar-refractivity contribution in [3.63, 3.8) is 0 Å². The smallest absolute Gasteiger partial charge is 0.238 e. The third-order valence-corrected chi connectivity index (χ3v) is 3.74. The van der Waals surface area contributed by atoms with Crippen LogP contribution in [0.1, 0.15) is 19.8 Å². The molecule has 0 spiro atoms. The molecule has 2 N–H and O–H groups in total. The molecule has 0 bridgehead atoms. The van der Waals surface area contributed by atoms with E-state index in [1.54, 1.807) is 6.92 Å². The highest BCUT2D eigenvalue weighted by molar-refractivity contribution is 6.30. The highest BCUT2D eigenvalue weighted by Crippen LogP contribution is 2.21. The molecule has 1 aromatic carbocycles. The maximum Gasteiger partial charge on any atom is 0.238 e. The van der Waals surface area contributed by atoms with Crippen molar-refractivity contribution >= 4 is 23.2 Å². The maximum absolute atomic E-state index is 13.5. The number of nitrogens with zero attached hydrogens (tertiary/aromatic N) is 1. The molecule has 0 atom stereocenters. The van der Waals surface area contributed by atoms with E-state index in [1.165, 1.54) is 12.1 Å². The lowest BCUT2D eigenvalue weighted by molar-refractivity contribution is -0.118. The van der Waals surface area contributed by atoms with Gasteiger partial charge < -0.3 is 10.4 Å². The molecule has 0 unspecified atom stereocenters. The molecule has 110 valence electrons. The summed E-state index contributed by atoms with van der Waals surface area (Å²) in [7, 11) is 0. The minimum absolute atomic E-state index is 0.128. The normalized spacial score (nSPS) is 18.8. The standard InChI is InChI=1S/C14H18ClFN2O2/c1-14(20)4-6-18(7-5-14)9-13(19)17-12-3-2-10(15)8-11(12)16/h2-3,8,20H,4-7,9H2,1H3,(H,17,19). The van der Waals surface area contributed by atoms with Crippen molar-refractivity contribution in [2.24, 2.45) is 0 Å². The molecule has 6 heteroatoms. The second kappa shape index (κ2) is 6.08. The van der Waals surface area contributed by atoms with Gasteiger partial charge in [-0.05, 0) is 38.0 Å². The number of aliphatic hydroxyl groups is 1. The van der Waals surface area contributed by atoms with Crippen LogP contribution >= 0.6 is 11.6 Å². The molecular formula is C14H18ClFN2O2. The van der Waals surface area contributed by atoms with E-state index in [9.17, 15) is 14.3 Å². The lowest BCUT2D eigenvalue weighted by atomic mass is 9.94. The zero-order chi connectivity index (χ0) is 14.8. The van der Waals surface area contributed by atoms with Gasteiger partial charge in [0.25, 0.3) is 0 Å². The third kappa shape index (κ3) is 4.16. The highest BCUT2D eigenvalue weighted by atomic mass is 35.5. The molecule has 1 aromatic rings. The molecular weight excluding hydrogens is 283 g/mol. The Bertz CT molecular complexity index is 498. The van der Waals surface area contributed by atoms with Crippen LogP contribution in [-0.2, 0) is 4.79 Å². The van der Waals surface area contributed by atoms with Crippen LogP contribution in [-0.4, -0.2) is 41.1 Å². The van der Waals surface area contributed by atoms with Crippen LogP contribution in [0.5, 0.6) is 0 Å². The summed E-state index contributed by atoms with van der Waals surface area (Å²) in [6, 6.07) is 4.13. The van der Waals surface area contributed by atoms with Crippen molar-refractivity contribution in [2.75, 3.05) is 25.0 Å². The van der Waals surface area contributed by atoms with Gasteiger partial charge in [0.1, 0.15) is 5.82 Å². The molecule has 1 aliphatic rings. The summed E-state index contributed by atoms with van der Waals surface area (Å²) < 4.78 is 13.5. The molecule has 20 heavy (non-hydrogen) atoms. The second-order valence-electron chi connectivity index (χ2n) is 5.45. The van der Waals surface area contributed by atoms with E-state index in [0.717, 1.165) is 6.07 Å². The molecule has 1 fully saturated rings. The number of benzene rings is 1. The van der Waals surface area contributed by atoms with Gasteiger partial charge in [0.15, 0.2) is 0 Å². The van der Waals surface area contributed by atoms with Gasteiger partial charge in [-0.2, -0.15) is 0 Å². The van der Waals surface area contributed by atoms with Crippen LogP contribution in [0, 0.1) is 5.82 Å². The van der Waals surface area contributed by atoms with Crippen LogP contribution in [0.25, 0.3) is 0 Å². The predicted octanol–water partition coefficient (Wildman–Crippen LogP) is 2.26. The first kappa shape index (κ1) is 15.2. The average Bonchev–Trinajstić information content (AvgIpc) is 2.35. The molecule has 2 rings (SSSR count). The number of nitrogens with one attached hydrogen (secondary N) is 1. The van der Waals surface area contributed by atoms with Gasteiger partial charge in [-0.3, -0.25) is 9.69 Å². The number of carbonyl (C=O) groups is 1. The van der Waals surface area contributed by atoms with Gasteiger partial charge >= 0.3 is 0 Å². The number of amides is 1. The van der Waals surface area contributed by atoms with Gasteiger partial charge in [0, 0.05) is 18.1 Å². The molecule has 4 nitrogen and oxygen atoms in total. The molecule has 1 amide bonds. The summed E-state index contributed by atoms with van der Waals surface area (Å²) in [6.07, 6.45) is 1.27. The van der Waals surface area contributed by atoms with Crippen LogP contribution < -0.4 is 5.32 Å². The lowest BCUT2D eigenvalue weighted by Crippen LogP contribution is -2.45. The molecule has 0 aromatic heterocycles. The van der Waals surface area contributed by atoms with Crippen LogP contribution in [0.15, 0.2) is 18.2 Å². The fourth-order valence-corrected chi connectivity index (χ4v) is 2.34. The number of halogens is 2. The minimum Gasteiger partial charge on any atom is -0.390 e. The number of carbonyl (C=O) groups excluding carboxylic acids is 1. The maximum atomic E-state index is 13.5. The fraction of sp³-hybridized carbons (Fsp3) is 0.500. The van der Waals surface area contributed by atoms with Crippen LogP contribution in [0.3, 0.4) is 0 Å². The first-order valence-corrected chi connectivity index (χ1v) is 6.93. The predicted molar refractivity (Wildman–Crippen MR) is 76.3 cm³/mol. The number of rotatable bonds is 3. The Hall–Kier alpha value is -1.17. The lowest BCUT2D eigenvalue weighted by Gasteiger charge is -2.35. The zero-order valence-electron chi connectivity index (χ0n) is 11.3. The van der Waals surface area contributed by atoms with Gasteiger partial charge in [-0.25, -0.2) is 4.39 Å². The van der Waals surface area contributed by atoms with Crippen molar-refractivity contribution in [1.82, 2.24) is 4.90 Å². The Balaban J connectivity index is 1.87. The van der Waals surface area contributed by atoms with Crippen molar-refractivity contribution in [1.29, 1.82) is 0 Å².